The molecular weight excluding hydrogens is 156 g/mol. The lowest BCUT2D eigenvalue weighted by atomic mass is 10.1. The maximum Gasteiger partial charge on any atom is 0.111 e. The summed E-state index contributed by atoms with van der Waals surface area (Å²) < 4.78 is 0. The van der Waals surface area contributed by atoms with Crippen LogP contribution in [0.1, 0.15) is 17.4 Å². The van der Waals surface area contributed by atoms with Gasteiger partial charge in [-0.15, -0.1) is 0 Å². The van der Waals surface area contributed by atoms with Crippen molar-refractivity contribution < 1.29 is 5.11 Å². The van der Waals surface area contributed by atoms with Gasteiger partial charge in [0.1, 0.15) is 12.6 Å². The second-order valence-corrected chi connectivity index (χ2v) is 2.56. The normalized spacial score (nSPS) is 12.5. The molecule has 1 heterocycles. The third-order valence-electron chi connectivity index (χ3n) is 1.55. The Morgan fingerprint density at radius 3 is 3.08 bits per heavy atom. The second kappa shape index (κ2) is 3.92. The van der Waals surface area contributed by atoms with Crippen LogP contribution in [-0.2, 0) is 0 Å². The molecule has 0 aliphatic carbocycles. The molecule has 0 radical (unpaired) electrons. The molecular formula is C8H10N2O2. The van der Waals surface area contributed by atoms with Gasteiger partial charge < -0.3 is 5.11 Å². The topological polar surface area (TPSA) is 62.6 Å². The third kappa shape index (κ3) is 2.10. The highest BCUT2D eigenvalue weighted by atomic mass is 16.3. The van der Waals surface area contributed by atoms with Crippen LogP contribution in [0.5, 0.6) is 0 Å². The Balaban J connectivity index is 2.80. The zero-order chi connectivity index (χ0) is 8.97. The summed E-state index contributed by atoms with van der Waals surface area (Å²) in [6, 6.07) is 3.40. The molecule has 12 heavy (non-hydrogen) atoms. The minimum absolute atomic E-state index is 0.108. The van der Waals surface area contributed by atoms with Crippen LogP contribution in [0.3, 0.4) is 0 Å². The van der Waals surface area contributed by atoms with Crippen molar-refractivity contribution >= 4 is 0 Å². The van der Waals surface area contributed by atoms with Crippen LogP contribution in [0, 0.1) is 11.8 Å². The van der Waals surface area contributed by atoms with Gasteiger partial charge in [-0.25, -0.2) is 0 Å². The van der Waals surface area contributed by atoms with Crippen LogP contribution in [0.2, 0.25) is 0 Å². The standard InChI is InChI=1S/C8H10N2O2/c1-6-4-7(2-3-9-6)8(11)5-10-12/h2-4,8,11H,5H2,1H3. The first-order valence-electron chi connectivity index (χ1n) is 3.64. The number of pyridine rings is 1. The Kier molecular flexibility index (Phi) is 2.88. The smallest absolute Gasteiger partial charge is 0.111 e. The molecule has 1 aromatic rings. The molecule has 0 saturated carbocycles. The van der Waals surface area contributed by atoms with Gasteiger partial charge in [0.15, 0.2) is 0 Å². The summed E-state index contributed by atoms with van der Waals surface area (Å²) in [6.07, 6.45) is 0.794. The summed E-state index contributed by atoms with van der Waals surface area (Å²) in [4.78, 5) is 13.8. The fraction of sp³-hybridized carbons (Fsp3) is 0.375. The Hall–Kier alpha value is -1.29. The molecule has 0 aromatic carbocycles. The maximum absolute atomic E-state index is 9.85. The maximum atomic E-state index is 9.85. The van der Waals surface area contributed by atoms with Crippen LogP contribution in [0.4, 0.5) is 0 Å². The van der Waals surface area contributed by atoms with Crippen LogP contribution in [0.25, 0.3) is 0 Å². The summed E-state index contributed by atoms with van der Waals surface area (Å²) >= 11 is 0. The van der Waals surface area contributed by atoms with Gasteiger partial charge >= 0.3 is 0 Å². The van der Waals surface area contributed by atoms with Crippen molar-refractivity contribution in [3.05, 3.63) is 34.5 Å². The SMILES string of the molecule is Cc1cc(C(O)CN=O)ccn1. The van der Waals surface area contributed by atoms with Crippen molar-refractivity contribution in [2.45, 2.75) is 13.0 Å². The molecule has 1 unspecified atom stereocenters. The lowest BCUT2D eigenvalue weighted by Crippen LogP contribution is -2.01. The fourth-order valence-electron chi connectivity index (χ4n) is 0.951. The van der Waals surface area contributed by atoms with Gasteiger partial charge in [0, 0.05) is 11.9 Å². The van der Waals surface area contributed by atoms with Crippen molar-refractivity contribution in [1.29, 1.82) is 0 Å². The largest absolute Gasteiger partial charge is 0.386 e. The molecule has 1 N–H and O–H groups in total. The first-order chi connectivity index (χ1) is 5.74. The van der Waals surface area contributed by atoms with Crippen molar-refractivity contribution in [2.75, 3.05) is 6.54 Å². The van der Waals surface area contributed by atoms with E-state index in [1.165, 1.54) is 0 Å². The van der Waals surface area contributed by atoms with Gasteiger partial charge in [-0.05, 0) is 24.6 Å². The van der Waals surface area contributed by atoms with E-state index in [9.17, 15) is 10.0 Å². The first-order valence-corrected chi connectivity index (χ1v) is 3.64. The molecule has 0 bridgehead atoms. The zero-order valence-electron chi connectivity index (χ0n) is 6.77. The van der Waals surface area contributed by atoms with Gasteiger partial charge in [0.25, 0.3) is 0 Å². The average Bonchev–Trinajstić information content (AvgIpc) is 2.05. The highest BCUT2D eigenvalue weighted by molar-refractivity contribution is 5.18. The minimum Gasteiger partial charge on any atom is -0.386 e. The number of nitroso groups, excluding NO2 is 1. The molecule has 1 atom stereocenters. The van der Waals surface area contributed by atoms with E-state index in [0.29, 0.717) is 5.56 Å². The number of aliphatic hydroxyl groups is 1. The number of aryl methyl sites for hydroxylation is 1. The molecule has 0 amide bonds. The van der Waals surface area contributed by atoms with Gasteiger partial charge in [-0.3, -0.25) is 4.98 Å². The monoisotopic (exact) mass is 166 g/mol. The Bertz CT molecular complexity index is 276. The quantitative estimate of drug-likeness (QED) is 0.686. The molecule has 0 spiro atoms. The van der Waals surface area contributed by atoms with Crippen molar-refractivity contribution in [1.82, 2.24) is 4.98 Å². The molecule has 1 rings (SSSR count). The Morgan fingerprint density at radius 1 is 1.75 bits per heavy atom. The minimum atomic E-state index is -0.802. The Morgan fingerprint density at radius 2 is 2.50 bits per heavy atom. The fourth-order valence-corrected chi connectivity index (χ4v) is 0.951. The molecule has 64 valence electrons. The molecule has 4 heteroatoms. The third-order valence-corrected chi connectivity index (χ3v) is 1.55. The van der Waals surface area contributed by atoms with E-state index in [0.717, 1.165) is 5.69 Å². The van der Waals surface area contributed by atoms with Gasteiger partial charge in [-0.2, -0.15) is 4.91 Å². The highest BCUT2D eigenvalue weighted by Gasteiger charge is 2.06. The number of nitrogens with zero attached hydrogens (tertiary/aromatic N) is 2. The van der Waals surface area contributed by atoms with Gasteiger partial charge in [0.2, 0.25) is 0 Å². The van der Waals surface area contributed by atoms with Crippen molar-refractivity contribution in [2.24, 2.45) is 5.18 Å². The van der Waals surface area contributed by atoms with E-state index >= 15 is 0 Å². The lowest BCUT2D eigenvalue weighted by molar-refractivity contribution is 0.186. The highest BCUT2D eigenvalue weighted by Crippen LogP contribution is 2.12. The summed E-state index contributed by atoms with van der Waals surface area (Å²) in [6.45, 7) is 1.72. The molecule has 0 aliphatic heterocycles. The number of aliphatic hydroxyl groups excluding tert-OH is 1. The van der Waals surface area contributed by atoms with Gasteiger partial charge in [-0.1, -0.05) is 5.18 Å². The van der Waals surface area contributed by atoms with Crippen molar-refractivity contribution in [3.8, 4) is 0 Å². The summed E-state index contributed by atoms with van der Waals surface area (Å²) in [5.74, 6) is 0. The van der Waals surface area contributed by atoms with Gasteiger partial charge in [0.05, 0.1) is 0 Å². The summed E-state index contributed by atoms with van der Waals surface area (Å²) in [5, 5.41) is 11.9. The van der Waals surface area contributed by atoms with Crippen LogP contribution in [-0.4, -0.2) is 16.6 Å². The van der Waals surface area contributed by atoms with Crippen LogP contribution in [0.15, 0.2) is 23.5 Å². The number of rotatable bonds is 3. The van der Waals surface area contributed by atoms with Crippen molar-refractivity contribution in [3.63, 3.8) is 0 Å². The van der Waals surface area contributed by atoms with E-state index in [1.807, 2.05) is 6.92 Å². The summed E-state index contributed by atoms with van der Waals surface area (Å²) in [7, 11) is 0. The number of hydrogen-bond donors (Lipinski definition) is 1. The molecule has 0 saturated heterocycles. The second-order valence-electron chi connectivity index (χ2n) is 2.56. The molecule has 0 fully saturated rings. The van der Waals surface area contributed by atoms with Crippen LogP contribution < -0.4 is 0 Å². The average molecular weight is 166 g/mol. The summed E-state index contributed by atoms with van der Waals surface area (Å²) in [5.41, 5.74) is 1.50. The zero-order valence-corrected chi connectivity index (χ0v) is 6.77. The van der Waals surface area contributed by atoms with E-state index in [1.54, 1.807) is 18.3 Å². The molecule has 4 nitrogen and oxygen atoms in total. The molecule has 0 aliphatic rings. The van der Waals surface area contributed by atoms with E-state index < -0.39 is 6.10 Å². The predicted octanol–water partition coefficient (Wildman–Crippen LogP) is 1.19. The van der Waals surface area contributed by atoms with E-state index in [2.05, 4.69) is 10.2 Å². The number of aromatic nitrogens is 1. The Labute approximate surface area is 70.2 Å². The first kappa shape index (κ1) is 8.80. The lowest BCUT2D eigenvalue weighted by Gasteiger charge is -2.05. The van der Waals surface area contributed by atoms with E-state index in [-0.39, 0.29) is 6.54 Å². The predicted molar refractivity (Wildman–Crippen MR) is 44.6 cm³/mol. The van der Waals surface area contributed by atoms with E-state index in [4.69, 9.17) is 0 Å². The van der Waals surface area contributed by atoms with Crippen LogP contribution >= 0.6 is 0 Å². The number of hydrogen-bond acceptors (Lipinski definition) is 4. The molecule has 1 aromatic heterocycles.